The first kappa shape index (κ1) is 8.47. The first-order valence-electron chi connectivity index (χ1n) is 3.58. The molecule has 0 saturated carbocycles. The van der Waals surface area contributed by atoms with Crippen molar-refractivity contribution in [2.75, 3.05) is 5.73 Å². The maximum absolute atomic E-state index is 5.95. The summed E-state index contributed by atoms with van der Waals surface area (Å²) in [5, 5.41) is 1.92. The predicted octanol–water partition coefficient (Wildman–Crippen LogP) is 2.44. The summed E-state index contributed by atoms with van der Waals surface area (Å²) in [5.41, 5.74) is 7.21. The van der Waals surface area contributed by atoms with Gasteiger partial charge in [0.2, 0.25) is 5.95 Å². The Kier molecular flexibility index (Phi) is 2.16. The number of anilines is 1. The summed E-state index contributed by atoms with van der Waals surface area (Å²) in [6.07, 6.45) is 3.33. The fraction of sp³-hybridized carbons (Fsp3) is 0. The molecular weight excluding hydrogens is 206 g/mol. The normalized spacial score (nSPS) is 10.2. The van der Waals surface area contributed by atoms with Crippen molar-refractivity contribution in [3.63, 3.8) is 0 Å². The molecule has 2 aromatic rings. The van der Waals surface area contributed by atoms with Crippen LogP contribution in [0.2, 0.25) is 4.34 Å². The molecule has 0 aliphatic carbocycles. The molecule has 2 heterocycles. The van der Waals surface area contributed by atoms with Gasteiger partial charge in [-0.3, -0.25) is 0 Å². The quantitative estimate of drug-likeness (QED) is 0.788. The first-order valence-corrected chi connectivity index (χ1v) is 4.84. The SMILES string of the molecule is Nc1ncc(-c2ccsc2Cl)cn1. The first-order chi connectivity index (χ1) is 6.27. The second-order valence-electron chi connectivity index (χ2n) is 2.44. The average Bonchev–Trinajstić information content (AvgIpc) is 2.53. The van der Waals surface area contributed by atoms with E-state index in [0.29, 0.717) is 0 Å². The summed E-state index contributed by atoms with van der Waals surface area (Å²) in [6, 6.07) is 1.93. The van der Waals surface area contributed by atoms with Gasteiger partial charge in [-0.2, -0.15) is 0 Å². The van der Waals surface area contributed by atoms with Crippen LogP contribution >= 0.6 is 22.9 Å². The molecule has 0 aliphatic rings. The minimum atomic E-state index is 0.273. The van der Waals surface area contributed by atoms with Gasteiger partial charge < -0.3 is 5.73 Å². The van der Waals surface area contributed by atoms with E-state index in [2.05, 4.69) is 9.97 Å². The molecule has 0 aromatic carbocycles. The molecule has 0 bridgehead atoms. The fourth-order valence-corrected chi connectivity index (χ4v) is 1.94. The Balaban J connectivity index is 2.47. The lowest BCUT2D eigenvalue weighted by atomic mass is 10.2. The fourth-order valence-electron chi connectivity index (χ4n) is 0.978. The molecule has 66 valence electrons. The van der Waals surface area contributed by atoms with Crippen LogP contribution in [0.25, 0.3) is 11.1 Å². The molecule has 2 rings (SSSR count). The van der Waals surface area contributed by atoms with Gasteiger partial charge in [-0.25, -0.2) is 9.97 Å². The van der Waals surface area contributed by atoms with Crippen LogP contribution in [-0.4, -0.2) is 9.97 Å². The number of rotatable bonds is 1. The summed E-state index contributed by atoms with van der Waals surface area (Å²) in [5.74, 6) is 0.273. The molecule has 0 atom stereocenters. The van der Waals surface area contributed by atoms with Crippen molar-refractivity contribution in [1.29, 1.82) is 0 Å². The van der Waals surface area contributed by atoms with Gasteiger partial charge in [0, 0.05) is 23.5 Å². The molecule has 0 fully saturated rings. The smallest absolute Gasteiger partial charge is 0.219 e. The van der Waals surface area contributed by atoms with Crippen molar-refractivity contribution in [1.82, 2.24) is 9.97 Å². The highest BCUT2D eigenvalue weighted by molar-refractivity contribution is 7.15. The number of nitrogens with two attached hydrogens (primary N) is 1. The number of aromatic nitrogens is 2. The van der Waals surface area contributed by atoms with E-state index in [4.69, 9.17) is 17.3 Å². The Hall–Kier alpha value is -1.13. The van der Waals surface area contributed by atoms with E-state index in [0.717, 1.165) is 15.5 Å². The monoisotopic (exact) mass is 211 g/mol. The number of hydrogen-bond donors (Lipinski definition) is 1. The van der Waals surface area contributed by atoms with Crippen LogP contribution in [-0.2, 0) is 0 Å². The van der Waals surface area contributed by atoms with Gasteiger partial charge in [0.05, 0.1) is 0 Å². The molecule has 0 radical (unpaired) electrons. The molecular formula is C8H6ClN3S. The highest BCUT2D eigenvalue weighted by atomic mass is 35.5. The summed E-state index contributed by atoms with van der Waals surface area (Å²) < 4.78 is 0.744. The number of halogens is 1. The van der Waals surface area contributed by atoms with Crippen molar-refractivity contribution < 1.29 is 0 Å². The highest BCUT2D eigenvalue weighted by Gasteiger charge is 2.04. The van der Waals surface area contributed by atoms with Gasteiger partial charge in [-0.05, 0) is 11.4 Å². The van der Waals surface area contributed by atoms with Crippen LogP contribution in [0.1, 0.15) is 0 Å². The number of hydrogen-bond acceptors (Lipinski definition) is 4. The lowest BCUT2D eigenvalue weighted by Crippen LogP contribution is -1.93. The van der Waals surface area contributed by atoms with Gasteiger partial charge in [-0.15, -0.1) is 11.3 Å². The van der Waals surface area contributed by atoms with E-state index in [1.54, 1.807) is 12.4 Å². The molecule has 0 amide bonds. The minimum Gasteiger partial charge on any atom is -0.368 e. The van der Waals surface area contributed by atoms with E-state index >= 15 is 0 Å². The number of thiophene rings is 1. The molecule has 0 unspecified atom stereocenters. The summed E-state index contributed by atoms with van der Waals surface area (Å²) in [7, 11) is 0. The van der Waals surface area contributed by atoms with E-state index in [-0.39, 0.29) is 5.95 Å². The lowest BCUT2D eigenvalue weighted by molar-refractivity contribution is 1.19. The number of nitrogen functional groups attached to an aromatic ring is 1. The van der Waals surface area contributed by atoms with Crippen molar-refractivity contribution in [3.05, 3.63) is 28.2 Å². The summed E-state index contributed by atoms with van der Waals surface area (Å²) >= 11 is 7.43. The second-order valence-corrected chi connectivity index (χ2v) is 3.96. The van der Waals surface area contributed by atoms with E-state index in [1.807, 2.05) is 11.4 Å². The van der Waals surface area contributed by atoms with Gasteiger partial charge in [0.15, 0.2) is 0 Å². The van der Waals surface area contributed by atoms with Crippen LogP contribution in [0.15, 0.2) is 23.8 Å². The second kappa shape index (κ2) is 3.32. The van der Waals surface area contributed by atoms with E-state index in [1.165, 1.54) is 11.3 Å². The Morgan fingerprint density at radius 2 is 2.00 bits per heavy atom. The largest absolute Gasteiger partial charge is 0.368 e. The Bertz CT molecular complexity index is 410. The third-order valence-corrected chi connectivity index (χ3v) is 2.77. The van der Waals surface area contributed by atoms with Gasteiger partial charge in [0.1, 0.15) is 4.34 Å². The molecule has 0 aliphatic heterocycles. The van der Waals surface area contributed by atoms with Crippen LogP contribution in [0.5, 0.6) is 0 Å². The van der Waals surface area contributed by atoms with Crippen LogP contribution in [0.4, 0.5) is 5.95 Å². The van der Waals surface area contributed by atoms with Gasteiger partial charge in [-0.1, -0.05) is 11.6 Å². The predicted molar refractivity (Wildman–Crippen MR) is 54.8 cm³/mol. The lowest BCUT2D eigenvalue weighted by Gasteiger charge is -1.97. The Labute approximate surface area is 84.2 Å². The molecule has 2 aromatic heterocycles. The zero-order valence-electron chi connectivity index (χ0n) is 6.57. The van der Waals surface area contributed by atoms with Crippen molar-refractivity contribution in [2.45, 2.75) is 0 Å². The summed E-state index contributed by atoms with van der Waals surface area (Å²) in [6.45, 7) is 0. The number of nitrogens with zero attached hydrogens (tertiary/aromatic N) is 2. The third-order valence-electron chi connectivity index (χ3n) is 1.60. The standard InChI is InChI=1S/C8H6ClN3S/c9-7-6(1-2-13-7)5-3-11-8(10)12-4-5/h1-4H,(H2,10,11,12). The third kappa shape index (κ3) is 1.64. The zero-order valence-corrected chi connectivity index (χ0v) is 8.14. The van der Waals surface area contributed by atoms with Crippen molar-refractivity contribution in [3.8, 4) is 11.1 Å². The van der Waals surface area contributed by atoms with Crippen LogP contribution in [0.3, 0.4) is 0 Å². The van der Waals surface area contributed by atoms with Gasteiger partial charge >= 0.3 is 0 Å². The average molecular weight is 212 g/mol. The van der Waals surface area contributed by atoms with Crippen LogP contribution in [0, 0.1) is 0 Å². The van der Waals surface area contributed by atoms with Crippen molar-refractivity contribution in [2.24, 2.45) is 0 Å². The molecule has 0 spiro atoms. The molecule has 3 nitrogen and oxygen atoms in total. The molecule has 2 N–H and O–H groups in total. The van der Waals surface area contributed by atoms with E-state index < -0.39 is 0 Å². The minimum absolute atomic E-state index is 0.273. The molecule has 13 heavy (non-hydrogen) atoms. The van der Waals surface area contributed by atoms with E-state index in [9.17, 15) is 0 Å². The van der Waals surface area contributed by atoms with Crippen LogP contribution < -0.4 is 5.73 Å². The Morgan fingerprint density at radius 1 is 1.31 bits per heavy atom. The Morgan fingerprint density at radius 3 is 2.54 bits per heavy atom. The van der Waals surface area contributed by atoms with Gasteiger partial charge in [0.25, 0.3) is 0 Å². The molecule has 5 heteroatoms. The maximum Gasteiger partial charge on any atom is 0.219 e. The maximum atomic E-state index is 5.95. The zero-order chi connectivity index (χ0) is 9.26. The summed E-state index contributed by atoms with van der Waals surface area (Å²) in [4.78, 5) is 7.78. The van der Waals surface area contributed by atoms with Crippen molar-refractivity contribution >= 4 is 28.9 Å². The topological polar surface area (TPSA) is 51.8 Å². The molecule has 0 saturated heterocycles. The highest BCUT2D eigenvalue weighted by Crippen LogP contribution is 2.31.